The molecule has 1 aliphatic rings. The fourth-order valence-electron chi connectivity index (χ4n) is 3.38. The number of nitrogens with one attached hydrogen (secondary N) is 2. The van der Waals surface area contributed by atoms with Crippen molar-refractivity contribution in [3.8, 4) is 0 Å². The summed E-state index contributed by atoms with van der Waals surface area (Å²) in [4.78, 5) is 22.1. The minimum Gasteiger partial charge on any atom is -0.355 e. The maximum atomic E-state index is 12.2. The van der Waals surface area contributed by atoms with Crippen molar-refractivity contribution in [2.24, 2.45) is 11.1 Å². The second kappa shape index (κ2) is 10.7. The third-order valence-corrected chi connectivity index (χ3v) is 6.46. The molecular formula is C17H27ClN4O5S. The summed E-state index contributed by atoms with van der Waals surface area (Å²) in [5, 5.41) is 13.3. The molecule has 0 atom stereocenters. The van der Waals surface area contributed by atoms with Crippen LogP contribution in [-0.2, 0) is 14.8 Å². The van der Waals surface area contributed by atoms with Crippen LogP contribution in [0.2, 0.25) is 0 Å². The monoisotopic (exact) mass is 434 g/mol. The molecule has 4 N–H and O–H groups in total. The van der Waals surface area contributed by atoms with Crippen LogP contribution in [0.4, 0.5) is 5.69 Å². The maximum Gasteiger partial charge on any atom is 0.269 e. The van der Waals surface area contributed by atoms with Crippen LogP contribution in [0, 0.1) is 15.5 Å². The van der Waals surface area contributed by atoms with E-state index in [0.717, 1.165) is 37.8 Å². The highest BCUT2D eigenvalue weighted by Crippen LogP contribution is 2.38. The number of nitrogens with two attached hydrogens (primary N) is 1. The first-order valence-corrected chi connectivity index (χ1v) is 10.5. The molecule has 9 nitrogen and oxygen atoms in total. The molecular weight excluding hydrogens is 408 g/mol. The first-order chi connectivity index (χ1) is 12.8. The zero-order valence-electron chi connectivity index (χ0n) is 15.6. The average molecular weight is 435 g/mol. The molecule has 0 bridgehead atoms. The van der Waals surface area contributed by atoms with Crippen LogP contribution < -0.4 is 15.8 Å². The van der Waals surface area contributed by atoms with Gasteiger partial charge in [0.2, 0.25) is 15.9 Å². The molecule has 0 saturated heterocycles. The molecule has 2 rings (SSSR count). The number of hydrogen-bond donors (Lipinski definition) is 3. The van der Waals surface area contributed by atoms with Crippen LogP contribution in [0.5, 0.6) is 0 Å². The van der Waals surface area contributed by atoms with Crippen molar-refractivity contribution in [1.82, 2.24) is 10.0 Å². The Morgan fingerprint density at radius 2 is 1.75 bits per heavy atom. The van der Waals surface area contributed by atoms with Gasteiger partial charge in [0.05, 0.1) is 9.82 Å². The number of non-ortho nitro benzene ring substituents is 1. The number of hydrogen-bond acceptors (Lipinski definition) is 6. The number of halogens is 1. The molecule has 11 heteroatoms. The van der Waals surface area contributed by atoms with E-state index in [4.69, 9.17) is 5.73 Å². The molecule has 1 fully saturated rings. The predicted molar refractivity (Wildman–Crippen MR) is 108 cm³/mol. The molecule has 28 heavy (non-hydrogen) atoms. The SMILES string of the molecule is Cl.NCC1(CC(=O)NCCNS(=O)(=O)c2ccc([N+](=O)[O-])cc2)CCCCC1. The van der Waals surface area contributed by atoms with Crippen molar-refractivity contribution in [2.75, 3.05) is 19.6 Å². The van der Waals surface area contributed by atoms with Gasteiger partial charge in [-0.2, -0.15) is 0 Å². The van der Waals surface area contributed by atoms with Gasteiger partial charge in [-0.25, -0.2) is 13.1 Å². The third kappa shape index (κ3) is 6.69. The number of amides is 1. The second-order valence-corrected chi connectivity index (χ2v) is 8.71. The smallest absolute Gasteiger partial charge is 0.269 e. The van der Waals surface area contributed by atoms with Crippen LogP contribution in [0.3, 0.4) is 0 Å². The minimum absolute atomic E-state index is 0. The highest BCUT2D eigenvalue weighted by Gasteiger charge is 2.32. The Hall–Kier alpha value is -1.75. The number of benzene rings is 1. The first kappa shape index (κ1) is 24.3. The number of rotatable bonds is 9. The summed E-state index contributed by atoms with van der Waals surface area (Å²) >= 11 is 0. The van der Waals surface area contributed by atoms with Gasteiger partial charge >= 0.3 is 0 Å². The Bertz CT molecular complexity index is 764. The lowest BCUT2D eigenvalue weighted by Gasteiger charge is -2.35. The predicted octanol–water partition coefficient (Wildman–Crippen LogP) is 1.71. The van der Waals surface area contributed by atoms with Crippen molar-refractivity contribution in [2.45, 2.75) is 43.4 Å². The van der Waals surface area contributed by atoms with Gasteiger partial charge in [0.25, 0.3) is 5.69 Å². The molecule has 1 amide bonds. The van der Waals surface area contributed by atoms with E-state index in [9.17, 15) is 23.3 Å². The zero-order valence-corrected chi connectivity index (χ0v) is 17.2. The summed E-state index contributed by atoms with van der Waals surface area (Å²) in [5.41, 5.74) is 5.56. The topological polar surface area (TPSA) is 144 Å². The van der Waals surface area contributed by atoms with Gasteiger partial charge in [-0.05, 0) is 36.9 Å². The highest BCUT2D eigenvalue weighted by atomic mass is 35.5. The van der Waals surface area contributed by atoms with Crippen molar-refractivity contribution in [3.05, 3.63) is 34.4 Å². The standard InChI is InChI=1S/C17H26N4O5S.ClH/c18-13-17(8-2-1-3-9-17)12-16(22)19-10-11-20-27(25,26)15-6-4-14(5-7-15)21(23)24;/h4-7,20H,1-3,8-13,18H2,(H,19,22);1H. The van der Waals surface area contributed by atoms with E-state index in [1.165, 1.54) is 18.6 Å². The zero-order chi connectivity index (χ0) is 19.9. The molecule has 1 aromatic rings. The molecule has 1 aliphatic carbocycles. The van der Waals surface area contributed by atoms with E-state index >= 15 is 0 Å². The largest absolute Gasteiger partial charge is 0.355 e. The average Bonchev–Trinajstić information content (AvgIpc) is 2.66. The Morgan fingerprint density at radius 1 is 1.14 bits per heavy atom. The van der Waals surface area contributed by atoms with E-state index in [1.807, 2.05) is 0 Å². The quantitative estimate of drug-likeness (QED) is 0.306. The fraction of sp³-hybridized carbons (Fsp3) is 0.588. The molecule has 0 heterocycles. The van der Waals surface area contributed by atoms with Gasteiger partial charge in [-0.3, -0.25) is 14.9 Å². The summed E-state index contributed by atoms with van der Waals surface area (Å²) in [6.45, 7) is 0.666. The van der Waals surface area contributed by atoms with Gasteiger partial charge in [0.15, 0.2) is 0 Å². The minimum atomic E-state index is -3.79. The normalized spacial score (nSPS) is 16.0. The van der Waals surface area contributed by atoms with E-state index < -0.39 is 14.9 Å². The number of sulfonamides is 1. The molecule has 158 valence electrons. The number of nitrogens with zero attached hydrogens (tertiary/aromatic N) is 1. The Balaban J connectivity index is 0.00000392. The lowest BCUT2D eigenvalue weighted by Crippen LogP contribution is -2.40. The third-order valence-electron chi connectivity index (χ3n) is 4.98. The second-order valence-electron chi connectivity index (χ2n) is 6.94. The molecule has 0 unspecified atom stereocenters. The van der Waals surface area contributed by atoms with Gasteiger partial charge < -0.3 is 11.1 Å². The summed E-state index contributed by atoms with van der Waals surface area (Å²) in [5.74, 6) is -0.128. The van der Waals surface area contributed by atoms with Gasteiger partial charge in [-0.15, -0.1) is 12.4 Å². The highest BCUT2D eigenvalue weighted by molar-refractivity contribution is 7.89. The van der Waals surface area contributed by atoms with Crippen LogP contribution in [0.15, 0.2) is 29.2 Å². The van der Waals surface area contributed by atoms with Crippen molar-refractivity contribution >= 4 is 34.0 Å². The lowest BCUT2D eigenvalue weighted by molar-refractivity contribution is -0.384. The van der Waals surface area contributed by atoms with E-state index in [-0.39, 0.29) is 47.4 Å². The van der Waals surface area contributed by atoms with Crippen LogP contribution in [0.25, 0.3) is 0 Å². The number of carbonyl (C=O) groups is 1. The summed E-state index contributed by atoms with van der Waals surface area (Å²) in [6.07, 6.45) is 5.60. The van der Waals surface area contributed by atoms with Gasteiger partial charge in [-0.1, -0.05) is 19.3 Å². The van der Waals surface area contributed by atoms with Crippen LogP contribution in [-0.4, -0.2) is 38.9 Å². The number of carbonyl (C=O) groups excluding carboxylic acids is 1. The van der Waals surface area contributed by atoms with Gasteiger partial charge in [0.1, 0.15) is 0 Å². The summed E-state index contributed by atoms with van der Waals surface area (Å²) < 4.78 is 26.7. The van der Waals surface area contributed by atoms with Crippen LogP contribution in [0.1, 0.15) is 38.5 Å². The molecule has 0 radical (unpaired) electrons. The molecule has 0 aliphatic heterocycles. The maximum absolute atomic E-state index is 12.2. The first-order valence-electron chi connectivity index (χ1n) is 8.99. The molecule has 1 saturated carbocycles. The lowest BCUT2D eigenvalue weighted by atomic mass is 9.71. The van der Waals surface area contributed by atoms with E-state index in [1.54, 1.807) is 0 Å². The summed E-state index contributed by atoms with van der Waals surface area (Å²) in [7, 11) is -3.79. The summed E-state index contributed by atoms with van der Waals surface area (Å²) in [6, 6.07) is 4.61. The molecule has 1 aromatic carbocycles. The van der Waals surface area contributed by atoms with Gasteiger partial charge in [0, 0.05) is 31.6 Å². The van der Waals surface area contributed by atoms with Crippen molar-refractivity contribution < 1.29 is 18.1 Å². The Labute approximate surface area is 171 Å². The van der Waals surface area contributed by atoms with Crippen LogP contribution >= 0.6 is 12.4 Å². The molecule has 0 spiro atoms. The van der Waals surface area contributed by atoms with E-state index in [0.29, 0.717) is 13.0 Å². The Morgan fingerprint density at radius 3 is 2.29 bits per heavy atom. The molecule has 0 aromatic heterocycles. The fourth-order valence-corrected chi connectivity index (χ4v) is 4.41. The van der Waals surface area contributed by atoms with Crippen molar-refractivity contribution in [1.29, 1.82) is 0 Å². The number of nitro benzene ring substituents is 1. The van der Waals surface area contributed by atoms with Crippen molar-refractivity contribution in [3.63, 3.8) is 0 Å². The number of nitro groups is 1. The Kier molecular flexibility index (Phi) is 9.28. The van der Waals surface area contributed by atoms with E-state index in [2.05, 4.69) is 10.0 Å².